The molecule has 33 heavy (non-hydrogen) atoms. The average Bonchev–Trinajstić information content (AvgIpc) is 3.13. The van der Waals surface area contributed by atoms with Gasteiger partial charge in [-0.25, -0.2) is 4.39 Å². The van der Waals surface area contributed by atoms with Gasteiger partial charge in [-0.1, -0.05) is 32.9 Å². The fourth-order valence-electron chi connectivity index (χ4n) is 3.27. The van der Waals surface area contributed by atoms with E-state index in [1.165, 1.54) is 24.3 Å². The van der Waals surface area contributed by atoms with E-state index in [0.717, 1.165) is 10.6 Å². The van der Waals surface area contributed by atoms with Gasteiger partial charge in [0.05, 0.1) is 12.5 Å². The predicted molar refractivity (Wildman–Crippen MR) is 118 cm³/mol. The van der Waals surface area contributed by atoms with E-state index in [1.807, 2.05) is 12.1 Å². The maximum atomic E-state index is 12.9. The van der Waals surface area contributed by atoms with Gasteiger partial charge in [-0.2, -0.15) is 0 Å². The number of amides is 3. The average molecular weight is 455 g/mol. The molecule has 1 saturated heterocycles. The summed E-state index contributed by atoms with van der Waals surface area (Å²) in [6, 6.07) is 12.2. The van der Waals surface area contributed by atoms with Crippen LogP contribution in [0.2, 0.25) is 0 Å². The third-order valence-electron chi connectivity index (χ3n) is 5.18. The van der Waals surface area contributed by atoms with Gasteiger partial charge in [0.2, 0.25) is 5.91 Å². The SMILES string of the molecule is CC(C)(C)c1ccc(C(=O)NN2C[C@H](C(=O)OCC(=O)Nc3ccc(F)cc3)CC2=O)cc1. The van der Waals surface area contributed by atoms with Gasteiger partial charge in [0.15, 0.2) is 6.61 Å². The summed E-state index contributed by atoms with van der Waals surface area (Å²) in [7, 11) is 0. The molecule has 0 aliphatic carbocycles. The maximum absolute atomic E-state index is 12.9. The first-order valence-corrected chi connectivity index (χ1v) is 10.5. The Balaban J connectivity index is 1.48. The molecular weight excluding hydrogens is 429 g/mol. The van der Waals surface area contributed by atoms with E-state index in [2.05, 4.69) is 31.5 Å². The minimum Gasteiger partial charge on any atom is -0.455 e. The van der Waals surface area contributed by atoms with Gasteiger partial charge in [0.25, 0.3) is 11.8 Å². The lowest BCUT2D eigenvalue weighted by Crippen LogP contribution is -2.43. The highest BCUT2D eigenvalue weighted by atomic mass is 19.1. The number of carbonyl (C=O) groups is 4. The molecule has 2 N–H and O–H groups in total. The first kappa shape index (κ1) is 23.9. The molecule has 0 unspecified atom stereocenters. The highest BCUT2D eigenvalue weighted by Crippen LogP contribution is 2.22. The number of ether oxygens (including phenoxy) is 1. The quantitative estimate of drug-likeness (QED) is 0.652. The van der Waals surface area contributed by atoms with Crippen molar-refractivity contribution in [3.63, 3.8) is 0 Å². The summed E-state index contributed by atoms with van der Waals surface area (Å²) in [6.45, 7) is 5.60. The highest BCUT2D eigenvalue weighted by Gasteiger charge is 2.36. The fraction of sp³-hybridized carbons (Fsp3) is 0.333. The molecule has 3 rings (SSSR count). The van der Waals surface area contributed by atoms with Gasteiger partial charge in [-0.3, -0.25) is 29.6 Å². The van der Waals surface area contributed by atoms with Crippen molar-refractivity contribution in [2.75, 3.05) is 18.5 Å². The van der Waals surface area contributed by atoms with E-state index in [0.29, 0.717) is 11.3 Å². The molecule has 1 aliphatic heterocycles. The second kappa shape index (κ2) is 9.81. The number of hydrogen-bond donors (Lipinski definition) is 2. The van der Waals surface area contributed by atoms with Crippen LogP contribution in [0.1, 0.15) is 43.1 Å². The molecule has 0 radical (unpaired) electrons. The molecule has 1 fully saturated rings. The second-order valence-corrected chi connectivity index (χ2v) is 8.84. The van der Waals surface area contributed by atoms with Crippen LogP contribution >= 0.6 is 0 Å². The molecule has 8 nitrogen and oxygen atoms in total. The Kier molecular flexibility index (Phi) is 7.10. The normalized spacial score (nSPS) is 15.8. The van der Waals surface area contributed by atoms with Crippen LogP contribution in [0.15, 0.2) is 48.5 Å². The van der Waals surface area contributed by atoms with Crippen molar-refractivity contribution in [3.05, 3.63) is 65.5 Å². The molecule has 0 bridgehead atoms. The van der Waals surface area contributed by atoms with Gasteiger partial charge in [-0.15, -0.1) is 0 Å². The van der Waals surface area contributed by atoms with Gasteiger partial charge < -0.3 is 10.1 Å². The number of nitrogens with one attached hydrogen (secondary N) is 2. The molecule has 2 aromatic rings. The Morgan fingerprint density at radius 2 is 1.70 bits per heavy atom. The van der Waals surface area contributed by atoms with Crippen molar-refractivity contribution in [2.45, 2.75) is 32.6 Å². The number of esters is 1. The summed E-state index contributed by atoms with van der Waals surface area (Å²) in [4.78, 5) is 48.9. The van der Waals surface area contributed by atoms with Crippen molar-refractivity contribution < 1.29 is 28.3 Å². The van der Waals surface area contributed by atoms with Crippen LogP contribution < -0.4 is 10.7 Å². The van der Waals surface area contributed by atoms with Crippen LogP contribution in [0.25, 0.3) is 0 Å². The second-order valence-electron chi connectivity index (χ2n) is 8.84. The molecule has 0 saturated carbocycles. The van der Waals surface area contributed by atoms with Crippen molar-refractivity contribution in [2.24, 2.45) is 5.92 Å². The number of hydrazine groups is 1. The minimum absolute atomic E-state index is 0.0522. The Bertz CT molecular complexity index is 1050. The molecule has 1 aliphatic rings. The Hall–Kier alpha value is -3.75. The van der Waals surface area contributed by atoms with E-state index in [9.17, 15) is 23.6 Å². The molecule has 9 heteroatoms. The third-order valence-corrected chi connectivity index (χ3v) is 5.18. The minimum atomic E-state index is -0.806. The topological polar surface area (TPSA) is 105 Å². The van der Waals surface area contributed by atoms with E-state index < -0.39 is 42.0 Å². The van der Waals surface area contributed by atoms with Crippen LogP contribution in [0.4, 0.5) is 10.1 Å². The van der Waals surface area contributed by atoms with Gasteiger partial charge in [-0.05, 0) is 47.4 Å². The first-order valence-electron chi connectivity index (χ1n) is 10.5. The molecule has 0 aromatic heterocycles. The van der Waals surface area contributed by atoms with Crippen molar-refractivity contribution in [3.8, 4) is 0 Å². The lowest BCUT2D eigenvalue weighted by Gasteiger charge is -2.20. The summed E-state index contributed by atoms with van der Waals surface area (Å²) >= 11 is 0. The van der Waals surface area contributed by atoms with E-state index in [4.69, 9.17) is 4.74 Å². The van der Waals surface area contributed by atoms with Crippen molar-refractivity contribution in [1.29, 1.82) is 0 Å². The Morgan fingerprint density at radius 3 is 2.30 bits per heavy atom. The van der Waals surface area contributed by atoms with Crippen LogP contribution in [0, 0.1) is 11.7 Å². The molecule has 1 heterocycles. The number of carbonyl (C=O) groups excluding carboxylic acids is 4. The molecule has 1 atom stereocenters. The van der Waals surface area contributed by atoms with Crippen molar-refractivity contribution >= 4 is 29.4 Å². The number of anilines is 1. The third kappa shape index (κ3) is 6.38. The van der Waals surface area contributed by atoms with Crippen LogP contribution in [0.5, 0.6) is 0 Å². The standard InChI is InChI=1S/C24H26FN3O5/c1-24(2,3)17-6-4-15(5-7-17)22(31)27-28-13-16(12-21(28)30)23(32)33-14-20(29)26-19-10-8-18(25)9-11-19/h4-11,16H,12-14H2,1-3H3,(H,26,29)(H,27,31)/t16-/m1/s1. The Morgan fingerprint density at radius 1 is 1.06 bits per heavy atom. The number of hydrogen-bond acceptors (Lipinski definition) is 5. The van der Waals surface area contributed by atoms with Gasteiger partial charge >= 0.3 is 5.97 Å². The van der Waals surface area contributed by atoms with E-state index in [1.54, 1.807) is 12.1 Å². The monoisotopic (exact) mass is 455 g/mol. The zero-order chi connectivity index (χ0) is 24.2. The lowest BCUT2D eigenvalue weighted by molar-refractivity contribution is -0.151. The van der Waals surface area contributed by atoms with E-state index in [-0.39, 0.29) is 18.4 Å². The summed E-state index contributed by atoms with van der Waals surface area (Å²) in [5.74, 6) is -3.44. The van der Waals surface area contributed by atoms with E-state index >= 15 is 0 Å². The number of halogens is 1. The lowest BCUT2D eigenvalue weighted by atomic mass is 9.87. The largest absolute Gasteiger partial charge is 0.455 e. The van der Waals surface area contributed by atoms with Crippen LogP contribution in [0.3, 0.4) is 0 Å². The van der Waals surface area contributed by atoms with Crippen LogP contribution in [-0.2, 0) is 24.5 Å². The van der Waals surface area contributed by atoms with Crippen molar-refractivity contribution in [1.82, 2.24) is 10.4 Å². The maximum Gasteiger partial charge on any atom is 0.311 e. The summed E-state index contributed by atoms with van der Waals surface area (Å²) in [5, 5.41) is 3.56. The predicted octanol–water partition coefficient (Wildman–Crippen LogP) is 2.80. The van der Waals surface area contributed by atoms with Gasteiger partial charge in [0.1, 0.15) is 5.82 Å². The fourth-order valence-corrected chi connectivity index (χ4v) is 3.27. The number of nitrogens with zero attached hydrogens (tertiary/aromatic N) is 1. The number of benzene rings is 2. The molecule has 2 aromatic carbocycles. The summed E-state index contributed by atoms with van der Waals surface area (Å²) in [5.41, 5.74) is 4.28. The van der Waals surface area contributed by atoms with Crippen LogP contribution in [-0.4, -0.2) is 41.9 Å². The first-order chi connectivity index (χ1) is 15.5. The number of rotatable bonds is 6. The Labute approximate surface area is 191 Å². The highest BCUT2D eigenvalue weighted by molar-refractivity contribution is 5.97. The zero-order valence-electron chi connectivity index (χ0n) is 18.7. The smallest absolute Gasteiger partial charge is 0.311 e. The van der Waals surface area contributed by atoms with Gasteiger partial charge in [0, 0.05) is 17.7 Å². The summed E-state index contributed by atoms with van der Waals surface area (Å²) < 4.78 is 17.9. The molecule has 3 amide bonds. The zero-order valence-corrected chi connectivity index (χ0v) is 18.7. The molecule has 0 spiro atoms. The summed E-state index contributed by atoms with van der Waals surface area (Å²) in [6.07, 6.45) is -0.137. The molecule has 174 valence electrons. The molecular formula is C24H26FN3O5.